The molecule has 0 atom stereocenters. The van der Waals surface area contributed by atoms with Crippen LogP contribution in [0.4, 0.5) is 9.18 Å². The number of rotatable bonds is 5. The number of benzene rings is 1. The van der Waals surface area contributed by atoms with Crippen molar-refractivity contribution in [3.8, 4) is 11.4 Å². The summed E-state index contributed by atoms with van der Waals surface area (Å²) < 4.78 is 12.9. The number of halogens is 1. The highest BCUT2D eigenvalue weighted by molar-refractivity contribution is 5.94. The number of hydrogen-bond donors (Lipinski definition) is 2. The Bertz CT molecular complexity index is 683. The van der Waals surface area contributed by atoms with E-state index in [1.54, 1.807) is 0 Å². The number of tetrazole rings is 1. The number of urea groups is 1. The first-order chi connectivity index (χ1) is 10.9. The molecule has 2 aromatic rings. The summed E-state index contributed by atoms with van der Waals surface area (Å²) >= 11 is 0. The van der Waals surface area contributed by atoms with Crippen LogP contribution in [0, 0.1) is 11.7 Å². The van der Waals surface area contributed by atoms with E-state index in [1.807, 2.05) is 13.8 Å². The Balaban J connectivity index is 1.90. The SMILES string of the molecule is CC(C)CNC(=O)NC(=O)Cn1nnc(-c2ccc(F)cc2)n1. The van der Waals surface area contributed by atoms with Gasteiger partial charge in [0.05, 0.1) is 0 Å². The molecule has 0 aliphatic heterocycles. The maximum absolute atomic E-state index is 12.9. The summed E-state index contributed by atoms with van der Waals surface area (Å²) in [6.45, 7) is 4.11. The molecule has 0 aliphatic carbocycles. The average molecular weight is 320 g/mol. The molecule has 2 N–H and O–H groups in total. The highest BCUT2D eigenvalue weighted by Gasteiger charge is 2.12. The number of amides is 3. The minimum Gasteiger partial charge on any atom is -0.338 e. The number of aromatic nitrogens is 4. The lowest BCUT2D eigenvalue weighted by atomic mass is 10.2. The molecule has 1 heterocycles. The normalized spacial score (nSPS) is 10.6. The lowest BCUT2D eigenvalue weighted by molar-refractivity contribution is -0.121. The Kier molecular flexibility index (Phi) is 5.34. The number of nitrogens with one attached hydrogen (secondary N) is 2. The molecule has 1 aromatic heterocycles. The minimum atomic E-state index is -0.567. The second-order valence-corrected chi connectivity index (χ2v) is 5.30. The van der Waals surface area contributed by atoms with Crippen molar-refractivity contribution in [2.75, 3.05) is 6.54 Å². The standard InChI is InChI=1S/C14H17FN6O2/c1-9(2)7-16-14(23)17-12(22)8-21-19-13(18-20-21)10-3-5-11(15)6-4-10/h3-6,9H,7-8H2,1-2H3,(H2,16,17,22,23). The smallest absolute Gasteiger partial charge is 0.321 e. The van der Waals surface area contributed by atoms with Crippen LogP contribution in [0.1, 0.15) is 13.8 Å². The molecule has 0 fully saturated rings. The number of carbonyl (C=O) groups excluding carboxylic acids is 2. The number of imide groups is 1. The van der Waals surface area contributed by atoms with E-state index >= 15 is 0 Å². The number of nitrogens with zero attached hydrogens (tertiary/aromatic N) is 4. The molecule has 3 amide bonds. The Morgan fingerprint density at radius 2 is 1.96 bits per heavy atom. The van der Waals surface area contributed by atoms with Gasteiger partial charge in [0.2, 0.25) is 5.82 Å². The summed E-state index contributed by atoms with van der Waals surface area (Å²) in [5, 5.41) is 16.3. The van der Waals surface area contributed by atoms with Gasteiger partial charge in [-0.2, -0.15) is 4.80 Å². The third-order valence-corrected chi connectivity index (χ3v) is 2.76. The van der Waals surface area contributed by atoms with Crippen molar-refractivity contribution in [1.29, 1.82) is 0 Å². The van der Waals surface area contributed by atoms with Crippen molar-refractivity contribution >= 4 is 11.9 Å². The van der Waals surface area contributed by atoms with Gasteiger partial charge in [-0.25, -0.2) is 9.18 Å². The fourth-order valence-electron chi connectivity index (χ4n) is 1.66. The molecule has 0 radical (unpaired) electrons. The Hall–Kier alpha value is -2.84. The second kappa shape index (κ2) is 7.43. The molecule has 0 aliphatic rings. The largest absolute Gasteiger partial charge is 0.338 e. The van der Waals surface area contributed by atoms with Gasteiger partial charge in [0.1, 0.15) is 12.4 Å². The van der Waals surface area contributed by atoms with Crippen molar-refractivity contribution in [1.82, 2.24) is 30.8 Å². The monoisotopic (exact) mass is 320 g/mol. The third kappa shape index (κ3) is 5.13. The van der Waals surface area contributed by atoms with Crippen LogP contribution in [0.3, 0.4) is 0 Å². The van der Waals surface area contributed by atoms with Gasteiger partial charge in [-0.15, -0.1) is 10.2 Å². The van der Waals surface area contributed by atoms with E-state index in [4.69, 9.17) is 0 Å². The van der Waals surface area contributed by atoms with Gasteiger partial charge < -0.3 is 5.32 Å². The van der Waals surface area contributed by atoms with Gasteiger partial charge in [-0.05, 0) is 35.4 Å². The summed E-state index contributed by atoms with van der Waals surface area (Å²) in [7, 11) is 0. The first-order valence-electron chi connectivity index (χ1n) is 7.05. The lowest BCUT2D eigenvalue weighted by Crippen LogP contribution is -2.42. The van der Waals surface area contributed by atoms with E-state index in [0.29, 0.717) is 12.1 Å². The fraction of sp³-hybridized carbons (Fsp3) is 0.357. The molecule has 0 bridgehead atoms. The lowest BCUT2D eigenvalue weighted by Gasteiger charge is -2.07. The highest BCUT2D eigenvalue weighted by atomic mass is 19.1. The van der Waals surface area contributed by atoms with E-state index in [0.717, 1.165) is 4.80 Å². The third-order valence-electron chi connectivity index (χ3n) is 2.76. The van der Waals surface area contributed by atoms with Gasteiger partial charge in [-0.3, -0.25) is 10.1 Å². The molecule has 9 heteroatoms. The molecule has 0 saturated heterocycles. The predicted octanol–water partition coefficient (Wildman–Crippen LogP) is 0.961. The Morgan fingerprint density at radius 1 is 1.26 bits per heavy atom. The van der Waals surface area contributed by atoms with Gasteiger partial charge in [0.15, 0.2) is 0 Å². The van der Waals surface area contributed by atoms with E-state index < -0.39 is 11.9 Å². The van der Waals surface area contributed by atoms with Crippen LogP contribution in [0.5, 0.6) is 0 Å². The maximum atomic E-state index is 12.9. The van der Waals surface area contributed by atoms with E-state index in [-0.39, 0.29) is 24.1 Å². The van der Waals surface area contributed by atoms with Gasteiger partial charge in [0.25, 0.3) is 5.91 Å². The number of hydrogen-bond acceptors (Lipinski definition) is 5. The van der Waals surface area contributed by atoms with Crippen LogP contribution in [-0.2, 0) is 11.3 Å². The van der Waals surface area contributed by atoms with Crippen LogP contribution in [-0.4, -0.2) is 38.7 Å². The second-order valence-electron chi connectivity index (χ2n) is 5.30. The molecule has 0 unspecified atom stereocenters. The van der Waals surface area contributed by atoms with Crippen molar-refractivity contribution in [2.24, 2.45) is 5.92 Å². The van der Waals surface area contributed by atoms with Crippen molar-refractivity contribution < 1.29 is 14.0 Å². The summed E-state index contributed by atoms with van der Waals surface area (Å²) in [5.41, 5.74) is 0.577. The quantitative estimate of drug-likeness (QED) is 0.854. The number of carbonyl (C=O) groups is 2. The van der Waals surface area contributed by atoms with Crippen LogP contribution < -0.4 is 10.6 Å². The zero-order chi connectivity index (χ0) is 16.8. The average Bonchev–Trinajstić information content (AvgIpc) is 2.94. The summed E-state index contributed by atoms with van der Waals surface area (Å²) in [6, 6.07) is 5.01. The van der Waals surface area contributed by atoms with Crippen molar-refractivity contribution in [3.05, 3.63) is 30.1 Å². The summed E-state index contributed by atoms with van der Waals surface area (Å²) in [6.07, 6.45) is 0. The van der Waals surface area contributed by atoms with Crippen LogP contribution >= 0.6 is 0 Å². The van der Waals surface area contributed by atoms with Gasteiger partial charge >= 0.3 is 6.03 Å². The van der Waals surface area contributed by atoms with E-state index in [9.17, 15) is 14.0 Å². The topological polar surface area (TPSA) is 102 Å². The van der Waals surface area contributed by atoms with E-state index in [2.05, 4.69) is 26.0 Å². The van der Waals surface area contributed by atoms with Crippen molar-refractivity contribution in [2.45, 2.75) is 20.4 Å². The van der Waals surface area contributed by atoms with Crippen LogP contribution in [0.2, 0.25) is 0 Å². The first kappa shape index (κ1) is 16.5. The molecule has 23 heavy (non-hydrogen) atoms. The molecule has 0 saturated carbocycles. The van der Waals surface area contributed by atoms with Gasteiger partial charge in [0, 0.05) is 12.1 Å². The predicted molar refractivity (Wildman–Crippen MR) is 79.6 cm³/mol. The Morgan fingerprint density at radius 3 is 2.61 bits per heavy atom. The molecule has 2 rings (SSSR count). The van der Waals surface area contributed by atoms with E-state index in [1.165, 1.54) is 24.3 Å². The molecule has 0 spiro atoms. The van der Waals surface area contributed by atoms with Crippen LogP contribution in [0.15, 0.2) is 24.3 Å². The molecular weight excluding hydrogens is 303 g/mol. The molecule has 8 nitrogen and oxygen atoms in total. The summed E-state index contributed by atoms with van der Waals surface area (Å²) in [5.74, 6) is -0.379. The Labute approximate surface area is 132 Å². The highest BCUT2D eigenvalue weighted by Crippen LogP contribution is 2.13. The van der Waals surface area contributed by atoms with Gasteiger partial charge in [-0.1, -0.05) is 13.8 Å². The molecule has 122 valence electrons. The zero-order valence-corrected chi connectivity index (χ0v) is 12.8. The minimum absolute atomic E-state index is 0.247. The zero-order valence-electron chi connectivity index (χ0n) is 12.8. The maximum Gasteiger partial charge on any atom is 0.321 e. The first-order valence-corrected chi connectivity index (χ1v) is 7.05. The van der Waals surface area contributed by atoms with Crippen LogP contribution in [0.25, 0.3) is 11.4 Å². The molecule has 1 aromatic carbocycles. The fourth-order valence-corrected chi connectivity index (χ4v) is 1.66. The molecular formula is C14H17FN6O2. The summed E-state index contributed by atoms with van der Waals surface area (Å²) in [4.78, 5) is 24.2. The van der Waals surface area contributed by atoms with Crippen molar-refractivity contribution in [3.63, 3.8) is 0 Å².